The minimum atomic E-state index is -0.372. The van der Waals surface area contributed by atoms with Gasteiger partial charge in [0.15, 0.2) is 0 Å². The van der Waals surface area contributed by atoms with E-state index in [2.05, 4.69) is 32.5 Å². The second-order valence-corrected chi connectivity index (χ2v) is 5.50. The van der Waals surface area contributed by atoms with Crippen molar-refractivity contribution in [1.29, 1.82) is 0 Å². The normalized spacial score (nSPS) is 14.6. The number of halogens is 1. The number of H-pyrrole nitrogens is 1. The number of fused-ring (bicyclic) bond motifs is 1. The minimum absolute atomic E-state index is 0.107. The molecule has 0 fully saturated rings. The average molecular weight is 346 g/mol. The first kappa shape index (κ1) is 13.6. The van der Waals surface area contributed by atoms with E-state index in [4.69, 9.17) is 0 Å². The van der Waals surface area contributed by atoms with Crippen LogP contribution in [0, 0.1) is 0 Å². The lowest BCUT2D eigenvalue weighted by molar-refractivity contribution is 0.422. The molecule has 3 rings (SSSR count). The molecule has 1 aromatic heterocycles. The maximum Gasteiger partial charge on any atom is 0.329 e. The highest BCUT2D eigenvalue weighted by Gasteiger charge is 2.15. The average Bonchev–Trinajstić information content (AvgIpc) is 2.96. The quantitative estimate of drug-likeness (QED) is 0.839. The van der Waals surface area contributed by atoms with Crippen molar-refractivity contribution in [2.45, 2.75) is 6.54 Å². The van der Waals surface area contributed by atoms with Crippen molar-refractivity contribution >= 4 is 39.5 Å². The number of rotatable bonds is 3. The molecule has 2 N–H and O–H groups in total. The van der Waals surface area contributed by atoms with Crippen LogP contribution in [0.15, 0.2) is 45.1 Å². The second-order valence-electron chi connectivity index (χ2n) is 4.59. The molecule has 2 heterocycles. The minimum Gasteiger partial charge on any atom is -0.493 e. The fourth-order valence-corrected chi connectivity index (χ4v) is 2.57. The number of aromatic hydroxyl groups is 1. The van der Waals surface area contributed by atoms with Crippen LogP contribution in [0.3, 0.4) is 0 Å². The summed E-state index contributed by atoms with van der Waals surface area (Å²) in [5, 5.41) is 10.1. The zero-order chi connectivity index (χ0) is 15.0. The summed E-state index contributed by atoms with van der Waals surface area (Å²) in [6.45, 7) is 3.81. The van der Waals surface area contributed by atoms with Gasteiger partial charge in [-0.2, -0.15) is 0 Å². The number of nitrogens with zero attached hydrogens (tertiary/aromatic N) is 2. The molecule has 0 amide bonds. The maximum atomic E-state index is 11.8. The van der Waals surface area contributed by atoms with Gasteiger partial charge in [0.1, 0.15) is 5.69 Å². The molecule has 1 aliphatic heterocycles. The molecular formula is C15H12BrN3O2. The summed E-state index contributed by atoms with van der Waals surface area (Å²) in [5.41, 5.74) is 2.62. The van der Waals surface area contributed by atoms with E-state index in [-0.39, 0.29) is 18.1 Å². The molecule has 1 aromatic carbocycles. The third-order valence-corrected chi connectivity index (χ3v) is 3.70. The maximum absolute atomic E-state index is 11.8. The van der Waals surface area contributed by atoms with Crippen LogP contribution < -0.4 is 5.69 Å². The molecule has 0 bridgehead atoms. The largest absolute Gasteiger partial charge is 0.493 e. The summed E-state index contributed by atoms with van der Waals surface area (Å²) in [6, 6.07) is 5.77. The van der Waals surface area contributed by atoms with Crippen LogP contribution in [-0.2, 0) is 6.54 Å². The van der Waals surface area contributed by atoms with E-state index in [0.29, 0.717) is 5.69 Å². The molecule has 0 spiro atoms. The topological polar surface area (TPSA) is 70.4 Å². The summed E-state index contributed by atoms with van der Waals surface area (Å²) >= 11 is 3.42. The Balaban J connectivity index is 2.08. The summed E-state index contributed by atoms with van der Waals surface area (Å²) in [7, 11) is 0. The Kier molecular flexibility index (Phi) is 3.39. The Morgan fingerprint density at radius 3 is 3.05 bits per heavy atom. The van der Waals surface area contributed by atoms with Crippen LogP contribution in [0.1, 0.15) is 11.3 Å². The van der Waals surface area contributed by atoms with Crippen LogP contribution in [-0.4, -0.2) is 20.9 Å². The molecular weight excluding hydrogens is 334 g/mol. The van der Waals surface area contributed by atoms with E-state index in [1.807, 2.05) is 18.2 Å². The molecule has 106 valence electrons. The highest BCUT2D eigenvalue weighted by molar-refractivity contribution is 9.10. The number of hydrogen-bond donors (Lipinski definition) is 2. The lowest BCUT2D eigenvalue weighted by Gasteiger charge is -2.01. The molecule has 21 heavy (non-hydrogen) atoms. The fourth-order valence-electron chi connectivity index (χ4n) is 2.21. The smallest absolute Gasteiger partial charge is 0.329 e. The number of aliphatic imine (C=N–C) groups is 1. The van der Waals surface area contributed by atoms with Crippen LogP contribution in [0.4, 0.5) is 5.69 Å². The Morgan fingerprint density at radius 1 is 1.48 bits per heavy atom. The van der Waals surface area contributed by atoms with E-state index in [1.165, 1.54) is 4.57 Å². The number of hydrogen-bond acceptors (Lipinski definition) is 3. The predicted octanol–water partition coefficient (Wildman–Crippen LogP) is 3.09. The van der Waals surface area contributed by atoms with E-state index in [1.54, 1.807) is 18.4 Å². The van der Waals surface area contributed by atoms with Gasteiger partial charge in [-0.25, -0.2) is 4.79 Å². The number of imidazole rings is 1. The molecule has 0 saturated heterocycles. The fraction of sp³-hybridized carbons (Fsp3) is 0.0667. The molecule has 0 radical (unpaired) electrons. The van der Waals surface area contributed by atoms with E-state index in [0.717, 1.165) is 21.3 Å². The Labute approximate surface area is 129 Å². The lowest BCUT2D eigenvalue weighted by atomic mass is 10.1. The first-order valence-corrected chi connectivity index (χ1v) is 7.08. The van der Waals surface area contributed by atoms with E-state index >= 15 is 0 Å². The van der Waals surface area contributed by atoms with Crippen LogP contribution >= 0.6 is 15.9 Å². The number of benzene rings is 1. The number of aromatic nitrogens is 2. The van der Waals surface area contributed by atoms with Gasteiger partial charge < -0.3 is 10.1 Å². The summed E-state index contributed by atoms with van der Waals surface area (Å²) in [6.07, 6.45) is 4.97. The molecule has 2 aromatic rings. The van der Waals surface area contributed by atoms with Gasteiger partial charge in [-0.05, 0) is 24.3 Å². The number of nitrogens with one attached hydrogen (secondary N) is 1. The Hall–Kier alpha value is -2.34. The molecule has 5 nitrogen and oxygen atoms in total. The summed E-state index contributed by atoms with van der Waals surface area (Å²) < 4.78 is 2.16. The predicted molar refractivity (Wildman–Crippen MR) is 87.1 cm³/mol. The van der Waals surface area contributed by atoms with Gasteiger partial charge in [-0.3, -0.25) is 9.56 Å². The highest BCUT2D eigenvalue weighted by atomic mass is 79.9. The van der Waals surface area contributed by atoms with Gasteiger partial charge in [0.2, 0.25) is 5.88 Å². The van der Waals surface area contributed by atoms with Gasteiger partial charge in [-0.1, -0.05) is 22.0 Å². The SMILES string of the molecule is C=CCn1c(O)c(C=C2C=Nc3ccc(Br)cc32)[nH]c1=O. The van der Waals surface area contributed by atoms with Crippen LogP contribution in [0.5, 0.6) is 5.88 Å². The molecule has 0 atom stereocenters. The third kappa shape index (κ3) is 2.38. The third-order valence-electron chi connectivity index (χ3n) is 3.21. The summed E-state index contributed by atoms with van der Waals surface area (Å²) in [5.74, 6) is -0.107. The van der Waals surface area contributed by atoms with Gasteiger partial charge in [0.05, 0.1) is 5.69 Å². The zero-order valence-corrected chi connectivity index (χ0v) is 12.6. The summed E-state index contributed by atoms with van der Waals surface area (Å²) in [4.78, 5) is 18.7. The van der Waals surface area contributed by atoms with Crippen molar-refractivity contribution in [3.63, 3.8) is 0 Å². The highest BCUT2D eigenvalue weighted by Crippen LogP contribution is 2.35. The number of aromatic amines is 1. The molecule has 6 heteroatoms. The molecule has 0 unspecified atom stereocenters. The first-order valence-electron chi connectivity index (χ1n) is 6.28. The van der Waals surface area contributed by atoms with Crippen LogP contribution in [0.2, 0.25) is 0 Å². The standard InChI is InChI=1S/C15H12BrN3O2/c1-2-5-19-14(20)13(18-15(19)21)6-9-8-17-12-4-3-10(16)7-11(9)12/h2-4,6-8,20H,1,5H2,(H,18,21). The van der Waals surface area contributed by atoms with E-state index < -0.39 is 0 Å². The molecule has 0 aliphatic carbocycles. The van der Waals surface area contributed by atoms with Gasteiger partial charge in [0.25, 0.3) is 0 Å². The molecule has 0 saturated carbocycles. The van der Waals surface area contributed by atoms with Crippen molar-refractivity contribution < 1.29 is 5.11 Å². The Morgan fingerprint density at radius 2 is 2.29 bits per heavy atom. The van der Waals surface area contributed by atoms with Crippen molar-refractivity contribution in [2.24, 2.45) is 4.99 Å². The second kappa shape index (κ2) is 5.21. The number of allylic oxidation sites excluding steroid dienone is 2. The Bertz CT molecular complexity index is 843. The molecule has 1 aliphatic rings. The monoisotopic (exact) mass is 345 g/mol. The van der Waals surface area contributed by atoms with Crippen molar-refractivity contribution in [2.75, 3.05) is 0 Å². The van der Waals surface area contributed by atoms with Crippen molar-refractivity contribution in [3.8, 4) is 5.88 Å². The van der Waals surface area contributed by atoms with Gasteiger partial charge >= 0.3 is 5.69 Å². The van der Waals surface area contributed by atoms with Gasteiger partial charge in [0, 0.05) is 28.4 Å². The van der Waals surface area contributed by atoms with Crippen molar-refractivity contribution in [3.05, 3.63) is 57.1 Å². The van der Waals surface area contributed by atoms with Gasteiger partial charge in [-0.15, -0.1) is 6.58 Å². The zero-order valence-electron chi connectivity index (χ0n) is 11.0. The lowest BCUT2D eigenvalue weighted by Crippen LogP contribution is -2.15. The van der Waals surface area contributed by atoms with Crippen molar-refractivity contribution in [1.82, 2.24) is 9.55 Å². The van der Waals surface area contributed by atoms with E-state index in [9.17, 15) is 9.90 Å². The van der Waals surface area contributed by atoms with Crippen LogP contribution in [0.25, 0.3) is 11.6 Å². The first-order chi connectivity index (χ1) is 10.1.